The van der Waals surface area contributed by atoms with Crippen molar-refractivity contribution >= 4 is 139 Å². The number of rotatable bonds is 14. The molecule has 2 N–H and O–H groups in total. The van der Waals surface area contributed by atoms with Gasteiger partial charge in [-0.15, -0.1) is 10.2 Å². The van der Waals surface area contributed by atoms with Crippen LogP contribution in [0.15, 0.2) is 115 Å². The van der Waals surface area contributed by atoms with Crippen molar-refractivity contribution in [2.24, 2.45) is 20.5 Å². The van der Waals surface area contributed by atoms with E-state index < -0.39 is 98.1 Å². The standard InChI is InChI=1S/2C16H13ClN4O7S.Ca/c2*1-9(22)15(16(23)18-12-5-3-2-4-11(12)17)20-19-13-7-6-10(29(26,27)28)8-14(13)21(24)25;/h2*2-8,15H,1H3,(H,18,23)(H,26,27,28);/q;;+2/p-2/b2*20-19+;. The third kappa shape index (κ3) is 14.6. The molecule has 0 aromatic heterocycles. The Morgan fingerprint density at radius 2 is 0.932 bits per heavy atom. The average Bonchev–Trinajstić information content (AvgIpc) is 3.12. The molecule has 22 nitrogen and oxygen atoms in total. The molecule has 2 atom stereocenters. The summed E-state index contributed by atoms with van der Waals surface area (Å²) in [4.78, 5) is 66.9. The van der Waals surface area contributed by atoms with Crippen molar-refractivity contribution < 1.29 is 55.0 Å². The number of anilines is 2. The molecule has 0 aliphatic rings. The Hall–Kier alpha value is -5.18. The predicted octanol–water partition coefficient (Wildman–Crippen LogP) is 5.28. The Kier molecular flexibility index (Phi) is 18.4. The zero-order chi connectivity index (χ0) is 43.5. The number of nitrogens with zero attached hydrogens (tertiary/aromatic N) is 6. The van der Waals surface area contributed by atoms with E-state index in [0.29, 0.717) is 12.1 Å². The van der Waals surface area contributed by atoms with E-state index >= 15 is 0 Å². The van der Waals surface area contributed by atoms with E-state index in [1.807, 2.05) is 0 Å². The zero-order valence-electron chi connectivity index (χ0n) is 29.9. The minimum Gasteiger partial charge on any atom is -0.744 e. The summed E-state index contributed by atoms with van der Waals surface area (Å²) in [6.45, 7) is 2.13. The molecular weight excluding hydrogens is 896 g/mol. The Bertz CT molecular complexity index is 2420. The van der Waals surface area contributed by atoms with Crippen LogP contribution in [-0.2, 0) is 39.4 Å². The van der Waals surface area contributed by atoms with Gasteiger partial charge in [-0.3, -0.25) is 39.4 Å². The number of halogens is 2. The van der Waals surface area contributed by atoms with Gasteiger partial charge in [0.15, 0.2) is 22.9 Å². The molecule has 27 heteroatoms. The van der Waals surface area contributed by atoms with Crippen LogP contribution in [0, 0.1) is 20.2 Å². The maximum absolute atomic E-state index is 12.3. The number of azo groups is 2. The van der Waals surface area contributed by atoms with Gasteiger partial charge in [-0.1, -0.05) is 47.5 Å². The van der Waals surface area contributed by atoms with Gasteiger partial charge in [-0.2, -0.15) is 10.2 Å². The maximum atomic E-state index is 12.3. The topological polar surface area (TPSA) is 342 Å². The van der Waals surface area contributed by atoms with Gasteiger partial charge in [0.05, 0.1) is 41.1 Å². The van der Waals surface area contributed by atoms with Gasteiger partial charge >= 0.3 is 37.7 Å². The first kappa shape index (κ1) is 50.0. The number of carbonyl (C=O) groups excluding carboxylic acids is 4. The van der Waals surface area contributed by atoms with Crippen LogP contribution >= 0.6 is 23.2 Å². The number of nitrogens with one attached hydrogen (secondary N) is 2. The molecule has 0 saturated carbocycles. The van der Waals surface area contributed by atoms with Crippen LogP contribution in [0.2, 0.25) is 10.0 Å². The van der Waals surface area contributed by atoms with E-state index in [1.54, 1.807) is 24.3 Å². The largest absolute Gasteiger partial charge is 2.00 e. The first-order chi connectivity index (χ1) is 27.0. The number of hydrogen-bond donors (Lipinski definition) is 2. The number of nitro groups is 2. The molecule has 0 saturated heterocycles. The molecule has 4 aromatic carbocycles. The van der Waals surface area contributed by atoms with Crippen LogP contribution < -0.4 is 10.6 Å². The number of amides is 2. The number of nitro benzene ring substituents is 2. The van der Waals surface area contributed by atoms with Crippen molar-refractivity contribution in [2.45, 2.75) is 35.7 Å². The van der Waals surface area contributed by atoms with Gasteiger partial charge in [-0.05, 0) is 62.4 Å². The monoisotopic (exact) mass is 918 g/mol. The molecule has 0 radical (unpaired) electrons. The van der Waals surface area contributed by atoms with Crippen LogP contribution in [0.25, 0.3) is 0 Å². The molecular formula is C32H24CaCl2N8O14S2. The number of ketones is 2. The molecule has 4 aromatic rings. The second-order valence-electron chi connectivity index (χ2n) is 11.1. The van der Waals surface area contributed by atoms with Crippen LogP contribution in [-0.4, -0.2) is 109 Å². The van der Waals surface area contributed by atoms with Crippen molar-refractivity contribution in [3.63, 3.8) is 0 Å². The van der Waals surface area contributed by atoms with Gasteiger partial charge in [0, 0.05) is 12.1 Å². The molecule has 0 spiro atoms. The Morgan fingerprint density at radius 1 is 0.610 bits per heavy atom. The first-order valence-corrected chi connectivity index (χ1v) is 19.0. The number of benzene rings is 4. The van der Waals surface area contributed by atoms with Crippen molar-refractivity contribution in [1.29, 1.82) is 0 Å². The molecule has 4 rings (SSSR count). The van der Waals surface area contributed by atoms with Crippen LogP contribution in [0.5, 0.6) is 0 Å². The quantitative estimate of drug-likeness (QED) is 0.0406. The maximum Gasteiger partial charge on any atom is 2.00 e. The third-order valence-corrected chi connectivity index (χ3v) is 9.28. The van der Waals surface area contributed by atoms with E-state index in [1.165, 1.54) is 24.3 Å². The minimum atomic E-state index is -4.93. The number of para-hydroxylation sites is 2. The molecule has 2 amide bonds. The minimum absolute atomic E-state index is 0. The van der Waals surface area contributed by atoms with Gasteiger partial charge in [0.1, 0.15) is 20.2 Å². The smallest absolute Gasteiger partial charge is 0.744 e. The van der Waals surface area contributed by atoms with E-state index in [0.717, 1.165) is 38.1 Å². The summed E-state index contributed by atoms with van der Waals surface area (Å²) in [6, 6.07) is 13.5. The summed E-state index contributed by atoms with van der Waals surface area (Å²) in [7, 11) is -9.86. The normalized spacial score (nSPS) is 12.3. The zero-order valence-corrected chi connectivity index (χ0v) is 35.3. The first-order valence-electron chi connectivity index (χ1n) is 15.4. The molecule has 0 heterocycles. The van der Waals surface area contributed by atoms with Crippen LogP contribution in [0.1, 0.15) is 13.8 Å². The third-order valence-electron chi connectivity index (χ3n) is 6.96. The van der Waals surface area contributed by atoms with Crippen molar-refractivity contribution in [1.82, 2.24) is 0 Å². The Labute approximate surface area is 372 Å². The van der Waals surface area contributed by atoms with Crippen LogP contribution in [0.4, 0.5) is 34.1 Å². The number of Topliss-reactive ketones (excluding diaryl/α,β-unsaturated/α-hetero) is 2. The predicted molar refractivity (Wildman–Crippen MR) is 206 cm³/mol. The Balaban J connectivity index is 0.000000400. The second kappa shape index (κ2) is 21.7. The van der Waals surface area contributed by atoms with Crippen molar-refractivity contribution in [2.75, 3.05) is 10.6 Å². The number of carbonyl (C=O) groups is 4. The van der Waals surface area contributed by atoms with Gasteiger partial charge in [0.25, 0.3) is 23.2 Å². The SMILES string of the molecule is CC(=O)C(/N=N/c1ccc(S(=O)(=O)[O-])cc1[N+](=O)[O-])C(=O)Nc1ccccc1Cl.CC(=O)C(/N=N/c1ccc(S(=O)(=O)[O-])cc1[N+](=O)[O-])C(=O)Nc1ccccc1Cl.[Ca+2]. The summed E-state index contributed by atoms with van der Waals surface area (Å²) in [5.41, 5.74) is -2.12. The van der Waals surface area contributed by atoms with E-state index in [9.17, 15) is 65.3 Å². The summed E-state index contributed by atoms with van der Waals surface area (Å²) in [5.74, 6) is -3.18. The summed E-state index contributed by atoms with van der Waals surface area (Å²) in [5, 5.41) is 41.6. The molecule has 0 bridgehead atoms. The van der Waals surface area contributed by atoms with Gasteiger partial charge < -0.3 is 19.7 Å². The van der Waals surface area contributed by atoms with Gasteiger partial charge in [-0.25, -0.2) is 16.8 Å². The van der Waals surface area contributed by atoms with Crippen molar-refractivity contribution in [3.05, 3.63) is 115 Å². The van der Waals surface area contributed by atoms with Gasteiger partial charge in [0.2, 0.25) is 12.1 Å². The summed E-state index contributed by atoms with van der Waals surface area (Å²) >= 11 is 11.9. The fourth-order valence-corrected chi connectivity index (χ4v) is 5.53. The molecule has 0 aliphatic carbocycles. The van der Waals surface area contributed by atoms with E-state index in [4.69, 9.17) is 23.2 Å². The van der Waals surface area contributed by atoms with E-state index in [-0.39, 0.29) is 59.2 Å². The molecule has 0 fully saturated rings. The number of hydrogen-bond acceptors (Lipinski definition) is 18. The molecule has 304 valence electrons. The average molecular weight is 920 g/mol. The molecule has 59 heavy (non-hydrogen) atoms. The van der Waals surface area contributed by atoms with Crippen LogP contribution in [0.3, 0.4) is 0 Å². The summed E-state index contributed by atoms with van der Waals surface area (Å²) in [6.07, 6.45) is 0. The van der Waals surface area contributed by atoms with Crippen molar-refractivity contribution in [3.8, 4) is 0 Å². The fraction of sp³-hybridized carbons (Fsp3) is 0.125. The Morgan fingerprint density at radius 3 is 1.20 bits per heavy atom. The summed E-state index contributed by atoms with van der Waals surface area (Å²) < 4.78 is 66.1. The molecule has 0 aliphatic heterocycles. The second-order valence-corrected chi connectivity index (χ2v) is 14.7. The molecule has 2 unspecified atom stereocenters. The van der Waals surface area contributed by atoms with E-state index in [2.05, 4.69) is 31.1 Å². The fourth-order valence-electron chi connectivity index (χ4n) is 4.18.